The molecule has 1 aliphatic carbocycles. The van der Waals surface area contributed by atoms with Gasteiger partial charge in [0.05, 0.1) is 85.0 Å². The van der Waals surface area contributed by atoms with Crippen molar-refractivity contribution in [2.45, 2.75) is 55.0 Å². The van der Waals surface area contributed by atoms with E-state index in [2.05, 4.69) is 14.9 Å². The van der Waals surface area contributed by atoms with Crippen LogP contribution in [0.5, 0.6) is 0 Å². The molecule has 7 rings (SSSR count). The van der Waals surface area contributed by atoms with Gasteiger partial charge in [-0.3, -0.25) is 4.72 Å². The van der Waals surface area contributed by atoms with Crippen LogP contribution in [0.2, 0.25) is 0 Å². The van der Waals surface area contributed by atoms with Gasteiger partial charge in [-0.25, -0.2) is 44.6 Å². The summed E-state index contributed by atoms with van der Waals surface area (Å²) in [6.45, 7) is 1.73. The molecule has 0 radical (unpaired) electrons. The highest BCUT2D eigenvalue weighted by atomic mass is 32.2. The summed E-state index contributed by atoms with van der Waals surface area (Å²) in [6, 6.07) is 21.5. The minimum Gasteiger partial charge on any atom is -0.465 e. The van der Waals surface area contributed by atoms with E-state index in [4.69, 9.17) is 19.0 Å². The summed E-state index contributed by atoms with van der Waals surface area (Å²) in [5.74, 6) is -2.62. The molecule has 0 amide bonds. The number of hydrogen-bond acceptors (Lipinski definition) is 12. The largest absolute Gasteiger partial charge is 0.465 e. The first-order chi connectivity index (χ1) is 28.7. The van der Waals surface area contributed by atoms with Crippen LogP contribution < -0.4 is 9.61 Å². The molecule has 2 aromatic heterocycles. The van der Waals surface area contributed by atoms with E-state index in [1.165, 1.54) is 109 Å². The summed E-state index contributed by atoms with van der Waals surface area (Å²) in [6.07, 6.45) is 4.43. The maximum Gasteiger partial charge on any atom is 0.357 e. The first-order valence-corrected chi connectivity index (χ1v) is 21.1. The van der Waals surface area contributed by atoms with Gasteiger partial charge in [-0.05, 0) is 109 Å². The number of methoxy groups -OCH3 is 1. The molecule has 4 aromatic carbocycles. The number of ether oxygens (including phenoxy) is 3. The highest BCUT2D eigenvalue weighted by molar-refractivity contribution is 7.92. The van der Waals surface area contributed by atoms with Crippen molar-refractivity contribution in [2.75, 3.05) is 11.8 Å². The quantitative estimate of drug-likeness (QED) is 0.0911. The Balaban J connectivity index is 0.880. The van der Waals surface area contributed by atoms with E-state index in [1.807, 2.05) is 4.89 Å². The summed E-state index contributed by atoms with van der Waals surface area (Å²) in [4.78, 5) is 31.8. The van der Waals surface area contributed by atoms with Crippen LogP contribution in [0.25, 0.3) is 11.4 Å². The van der Waals surface area contributed by atoms with E-state index in [1.54, 1.807) is 18.2 Å². The van der Waals surface area contributed by atoms with Gasteiger partial charge in [0.15, 0.2) is 0 Å². The van der Waals surface area contributed by atoms with Crippen LogP contribution in [0.4, 0.5) is 14.5 Å². The number of aryl methyl sites for hydroxylation is 1. The molecule has 0 bridgehead atoms. The lowest BCUT2D eigenvalue weighted by atomic mass is 9.92. The molecule has 1 saturated carbocycles. The highest BCUT2D eigenvalue weighted by Crippen LogP contribution is 2.30. The third-order valence-electron chi connectivity index (χ3n) is 9.36. The lowest BCUT2D eigenvalue weighted by molar-refractivity contribution is -0.111. The van der Waals surface area contributed by atoms with E-state index in [0.29, 0.717) is 35.3 Å². The van der Waals surface area contributed by atoms with Gasteiger partial charge in [0, 0.05) is 0 Å². The number of benzene rings is 4. The minimum absolute atomic E-state index is 0.0151. The Bertz CT molecular complexity index is 2760. The SMILES string of the molecule is COC(=O)c1cc(COC2CC(OCc3cccc(C(=O)ONS(=O)(=O)c4cn(-c5ccc(F)cc5)nc4C)c3)C2)ccc1NS(=O)(=O)c1cnn(-c2ccc(F)cc2)c1. The van der Waals surface area contributed by atoms with Crippen molar-refractivity contribution in [1.29, 1.82) is 0 Å². The van der Waals surface area contributed by atoms with E-state index in [0.717, 1.165) is 6.20 Å². The van der Waals surface area contributed by atoms with E-state index >= 15 is 0 Å². The van der Waals surface area contributed by atoms with Crippen LogP contribution in [0, 0.1) is 18.6 Å². The first-order valence-electron chi connectivity index (χ1n) is 18.1. The Kier molecular flexibility index (Phi) is 12.2. The van der Waals surface area contributed by atoms with Crippen LogP contribution in [-0.2, 0) is 52.3 Å². The molecule has 0 atom stereocenters. The molecule has 312 valence electrons. The summed E-state index contributed by atoms with van der Waals surface area (Å²) in [7, 11) is -7.33. The van der Waals surface area contributed by atoms with Crippen LogP contribution in [-0.4, -0.2) is 67.7 Å². The zero-order chi connectivity index (χ0) is 42.6. The van der Waals surface area contributed by atoms with Gasteiger partial charge >= 0.3 is 11.9 Å². The number of sulfonamides is 2. The van der Waals surface area contributed by atoms with Crippen LogP contribution >= 0.6 is 0 Å². The fraction of sp³-hybridized carbons (Fsp3) is 0.200. The maximum absolute atomic E-state index is 13.3. The Morgan fingerprint density at radius 3 is 2.02 bits per heavy atom. The topological polar surface area (TPSA) is 199 Å². The number of nitrogens with one attached hydrogen (secondary N) is 2. The predicted octanol–water partition coefficient (Wildman–Crippen LogP) is 5.55. The van der Waals surface area contributed by atoms with Crippen molar-refractivity contribution in [3.63, 3.8) is 0 Å². The second-order valence-electron chi connectivity index (χ2n) is 13.6. The lowest BCUT2D eigenvalue weighted by Crippen LogP contribution is -2.37. The minimum atomic E-state index is -4.32. The zero-order valence-corrected chi connectivity index (χ0v) is 33.5. The fourth-order valence-electron chi connectivity index (χ4n) is 6.07. The van der Waals surface area contributed by atoms with Crippen molar-refractivity contribution in [2.24, 2.45) is 0 Å². The average Bonchev–Trinajstić information content (AvgIpc) is 3.89. The molecule has 0 saturated heterocycles. The molecular formula is C40H36F2N6O10S2. The number of halogens is 2. The lowest BCUT2D eigenvalue weighted by Gasteiger charge is -2.35. The molecule has 2 heterocycles. The smallest absolute Gasteiger partial charge is 0.357 e. The van der Waals surface area contributed by atoms with Gasteiger partial charge in [-0.15, -0.1) is 0 Å². The van der Waals surface area contributed by atoms with Crippen LogP contribution in [0.15, 0.2) is 119 Å². The van der Waals surface area contributed by atoms with Gasteiger partial charge in [-0.1, -0.05) is 18.2 Å². The molecule has 6 aromatic rings. The number of hydrogen-bond donors (Lipinski definition) is 2. The first kappa shape index (κ1) is 41.8. The van der Waals surface area contributed by atoms with Crippen molar-refractivity contribution in [3.8, 4) is 11.4 Å². The summed E-state index contributed by atoms with van der Waals surface area (Å²) < 4.78 is 101. The third kappa shape index (κ3) is 9.75. The molecule has 0 spiro atoms. The standard InChI is InChI=1S/C40H36F2N6O10S2/c1-25-38(22-48(44-25)32-13-9-30(42)10-14-32)60(53,54)46-58-39(49)28-5-3-4-26(16-28)23-56-33-18-34(19-33)57-24-27-6-15-37(36(17-27)40(50)55-2)45-59(51,52)35-20-43-47(21-35)31-11-7-29(41)8-12-31/h3-17,20-22,33-34,45-46H,18-19,23-24H2,1-2H3. The van der Waals surface area contributed by atoms with E-state index < -0.39 is 43.6 Å². The molecule has 16 nitrogen and oxygen atoms in total. The molecule has 0 aliphatic heterocycles. The molecular weight excluding hydrogens is 827 g/mol. The Hall–Kier alpha value is -6.32. The van der Waals surface area contributed by atoms with Gasteiger partial charge < -0.3 is 19.0 Å². The monoisotopic (exact) mass is 862 g/mol. The maximum atomic E-state index is 13.3. The number of carbonyl (C=O) groups is 2. The Labute approximate surface area is 342 Å². The highest BCUT2D eigenvalue weighted by Gasteiger charge is 2.31. The Morgan fingerprint density at radius 2 is 1.38 bits per heavy atom. The van der Waals surface area contributed by atoms with Crippen molar-refractivity contribution in [3.05, 3.63) is 149 Å². The Morgan fingerprint density at radius 1 is 0.767 bits per heavy atom. The second kappa shape index (κ2) is 17.5. The predicted molar refractivity (Wildman–Crippen MR) is 209 cm³/mol. The number of aromatic nitrogens is 4. The summed E-state index contributed by atoms with van der Waals surface area (Å²) >= 11 is 0. The molecule has 2 N–H and O–H groups in total. The molecule has 1 fully saturated rings. The van der Waals surface area contributed by atoms with Crippen LogP contribution in [0.1, 0.15) is 50.4 Å². The fourth-order valence-corrected chi connectivity index (χ4v) is 8.02. The van der Waals surface area contributed by atoms with Crippen molar-refractivity contribution >= 4 is 37.7 Å². The number of anilines is 1. The second-order valence-corrected chi connectivity index (χ2v) is 16.9. The number of carbonyl (C=O) groups excluding carboxylic acids is 2. The van der Waals surface area contributed by atoms with Crippen LogP contribution in [0.3, 0.4) is 0 Å². The van der Waals surface area contributed by atoms with Crippen molar-refractivity contribution < 1.29 is 54.3 Å². The third-order valence-corrected chi connectivity index (χ3v) is 12.0. The number of esters is 1. The average molecular weight is 863 g/mol. The van der Waals surface area contributed by atoms with Gasteiger partial charge in [-0.2, -0.15) is 10.2 Å². The van der Waals surface area contributed by atoms with E-state index in [-0.39, 0.29) is 57.7 Å². The molecule has 20 heteroatoms. The normalized spacial score (nSPS) is 15.3. The zero-order valence-electron chi connectivity index (χ0n) is 31.8. The number of nitrogens with zero attached hydrogens (tertiary/aromatic N) is 4. The molecule has 60 heavy (non-hydrogen) atoms. The van der Waals surface area contributed by atoms with Gasteiger partial charge in [0.2, 0.25) is 0 Å². The van der Waals surface area contributed by atoms with E-state index in [9.17, 15) is 35.2 Å². The summed E-state index contributed by atoms with van der Waals surface area (Å²) in [5.41, 5.74) is 2.27. The molecule has 1 aliphatic rings. The summed E-state index contributed by atoms with van der Waals surface area (Å²) in [5, 5.41) is 8.21. The number of rotatable bonds is 16. The van der Waals surface area contributed by atoms with Gasteiger partial charge in [0.25, 0.3) is 20.0 Å². The van der Waals surface area contributed by atoms with Gasteiger partial charge in [0.1, 0.15) is 21.4 Å². The van der Waals surface area contributed by atoms with Crippen molar-refractivity contribution in [1.82, 2.24) is 24.4 Å². The molecule has 0 unspecified atom stereocenters.